The van der Waals surface area contributed by atoms with Gasteiger partial charge in [-0.3, -0.25) is 4.79 Å². The Bertz CT molecular complexity index is 813. The van der Waals surface area contributed by atoms with E-state index in [9.17, 15) is 4.79 Å². The zero-order chi connectivity index (χ0) is 19.0. The van der Waals surface area contributed by atoms with Gasteiger partial charge in [-0.2, -0.15) is 0 Å². The van der Waals surface area contributed by atoms with E-state index in [0.29, 0.717) is 31.5 Å². The first kappa shape index (κ1) is 18.0. The van der Waals surface area contributed by atoms with E-state index in [-0.39, 0.29) is 17.7 Å². The summed E-state index contributed by atoms with van der Waals surface area (Å²) in [5.41, 5.74) is 0.664. The summed E-state index contributed by atoms with van der Waals surface area (Å²) in [6, 6.07) is 7.85. The fraction of sp³-hybridized carbons (Fsp3) is 0.550. The molecule has 1 aliphatic carbocycles. The number of hydrogen-bond donors (Lipinski definition) is 0. The molecule has 2 heterocycles. The van der Waals surface area contributed by atoms with Gasteiger partial charge in [-0.25, -0.2) is 0 Å². The molecule has 1 saturated carbocycles. The molecule has 1 saturated heterocycles. The number of likely N-dealkylation sites (tertiary alicyclic amines) is 1. The lowest BCUT2D eigenvalue weighted by atomic mass is 9.94. The lowest BCUT2D eigenvalue weighted by Crippen LogP contribution is -2.38. The summed E-state index contributed by atoms with van der Waals surface area (Å²) in [4.78, 5) is 15.4. The fourth-order valence-corrected chi connectivity index (χ4v) is 4.13. The highest BCUT2D eigenvalue weighted by Gasteiger charge is 2.55. The van der Waals surface area contributed by atoms with Crippen LogP contribution in [-0.2, 0) is 14.9 Å². The van der Waals surface area contributed by atoms with Crippen LogP contribution in [0.15, 0.2) is 28.7 Å². The standard InChI is InChI=1S/C20H25N3O4/c1-13-21-22-18(27-13)17-11-23(10-14(17)12-25-2)19(24)20(8-9-20)15-4-6-16(26-3)7-5-15/h4-7,14,17H,8-12H2,1-3H3/t14-,17+/m0/s1. The second-order valence-corrected chi connectivity index (χ2v) is 7.50. The van der Waals surface area contributed by atoms with Gasteiger partial charge in [-0.1, -0.05) is 12.1 Å². The van der Waals surface area contributed by atoms with Crippen molar-refractivity contribution in [2.24, 2.45) is 5.92 Å². The molecule has 0 radical (unpaired) electrons. The van der Waals surface area contributed by atoms with Crippen LogP contribution in [0.4, 0.5) is 0 Å². The molecule has 144 valence electrons. The molecule has 2 aliphatic rings. The molecule has 1 aromatic carbocycles. The van der Waals surface area contributed by atoms with Crippen molar-refractivity contribution in [1.82, 2.24) is 15.1 Å². The van der Waals surface area contributed by atoms with E-state index < -0.39 is 5.41 Å². The van der Waals surface area contributed by atoms with Crippen LogP contribution in [0, 0.1) is 12.8 Å². The minimum Gasteiger partial charge on any atom is -0.497 e. The highest BCUT2D eigenvalue weighted by Crippen LogP contribution is 2.51. The zero-order valence-electron chi connectivity index (χ0n) is 16.0. The number of rotatable bonds is 6. The Labute approximate surface area is 158 Å². The van der Waals surface area contributed by atoms with Crippen LogP contribution in [0.2, 0.25) is 0 Å². The van der Waals surface area contributed by atoms with Gasteiger partial charge in [0, 0.05) is 33.0 Å². The van der Waals surface area contributed by atoms with E-state index in [1.807, 2.05) is 29.2 Å². The number of methoxy groups -OCH3 is 2. The number of aromatic nitrogens is 2. The molecule has 0 bridgehead atoms. The Balaban J connectivity index is 1.54. The quantitative estimate of drug-likeness (QED) is 0.775. The maximum absolute atomic E-state index is 13.4. The molecule has 2 atom stereocenters. The molecule has 1 amide bonds. The number of amides is 1. The maximum Gasteiger partial charge on any atom is 0.233 e. The Hall–Kier alpha value is -2.41. The van der Waals surface area contributed by atoms with Crippen molar-refractivity contribution in [3.8, 4) is 5.75 Å². The minimum absolute atomic E-state index is 0.0155. The zero-order valence-corrected chi connectivity index (χ0v) is 16.0. The lowest BCUT2D eigenvalue weighted by molar-refractivity contribution is -0.133. The van der Waals surface area contributed by atoms with Crippen LogP contribution >= 0.6 is 0 Å². The van der Waals surface area contributed by atoms with Crippen molar-refractivity contribution in [3.63, 3.8) is 0 Å². The van der Waals surface area contributed by atoms with Crippen LogP contribution < -0.4 is 4.74 Å². The van der Waals surface area contributed by atoms with Gasteiger partial charge in [0.15, 0.2) is 0 Å². The first-order valence-corrected chi connectivity index (χ1v) is 9.30. The van der Waals surface area contributed by atoms with Gasteiger partial charge in [0.2, 0.25) is 17.7 Å². The van der Waals surface area contributed by atoms with Gasteiger partial charge in [-0.05, 0) is 30.5 Å². The van der Waals surface area contributed by atoms with Crippen LogP contribution in [0.25, 0.3) is 0 Å². The van der Waals surface area contributed by atoms with Crippen LogP contribution in [-0.4, -0.2) is 54.9 Å². The molecule has 0 unspecified atom stereocenters. The van der Waals surface area contributed by atoms with Gasteiger partial charge in [0.1, 0.15) is 5.75 Å². The van der Waals surface area contributed by atoms with Crippen LogP contribution in [0.5, 0.6) is 5.75 Å². The topological polar surface area (TPSA) is 77.7 Å². The summed E-state index contributed by atoms with van der Waals surface area (Å²) in [6.07, 6.45) is 1.77. The maximum atomic E-state index is 13.4. The monoisotopic (exact) mass is 371 g/mol. The number of hydrogen-bond acceptors (Lipinski definition) is 6. The lowest BCUT2D eigenvalue weighted by Gasteiger charge is -2.24. The Morgan fingerprint density at radius 1 is 1.22 bits per heavy atom. The largest absolute Gasteiger partial charge is 0.497 e. The second kappa shape index (κ2) is 6.96. The van der Waals surface area contributed by atoms with Crippen molar-refractivity contribution in [1.29, 1.82) is 0 Å². The van der Waals surface area contributed by atoms with Crippen molar-refractivity contribution in [2.75, 3.05) is 33.9 Å². The Kier molecular flexibility index (Phi) is 4.63. The number of benzene rings is 1. The SMILES string of the molecule is COC[C@@H]1CN(C(=O)C2(c3ccc(OC)cc3)CC2)C[C@H]1c1nnc(C)o1. The fourth-order valence-electron chi connectivity index (χ4n) is 4.13. The number of carbonyl (C=O) groups excluding carboxylic acids is 1. The van der Waals surface area contributed by atoms with Crippen molar-refractivity contribution in [3.05, 3.63) is 41.6 Å². The Morgan fingerprint density at radius 2 is 1.96 bits per heavy atom. The predicted molar refractivity (Wildman–Crippen MR) is 97.6 cm³/mol. The molecule has 7 heteroatoms. The van der Waals surface area contributed by atoms with Gasteiger partial charge >= 0.3 is 0 Å². The molecule has 2 aromatic rings. The molecule has 7 nitrogen and oxygen atoms in total. The third kappa shape index (κ3) is 3.20. The summed E-state index contributed by atoms with van der Waals surface area (Å²) < 4.78 is 16.3. The first-order valence-electron chi connectivity index (χ1n) is 9.30. The molecular weight excluding hydrogens is 346 g/mol. The van der Waals surface area contributed by atoms with Crippen molar-refractivity contribution < 1.29 is 18.7 Å². The molecule has 0 spiro atoms. The van der Waals surface area contributed by atoms with Crippen molar-refractivity contribution in [2.45, 2.75) is 31.1 Å². The Morgan fingerprint density at radius 3 is 2.52 bits per heavy atom. The number of carbonyl (C=O) groups is 1. The normalized spacial score (nSPS) is 23.4. The molecule has 1 aromatic heterocycles. The summed E-state index contributed by atoms with van der Waals surface area (Å²) in [6.45, 7) is 3.58. The van der Waals surface area contributed by atoms with Gasteiger partial charge in [0.25, 0.3) is 0 Å². The smallest absolute Gasteiger partial charge is 0.233 e. The van der Waals surface area contributed by atoms with Crippen molar-refractivity contribution >= 4 is 5.91 Å². The molecule has 27 heavy (non-hydrogen) atoms. The highest BCUT2D eigenvalue weighted by atomic mass is 16.5. The molecular formula is C20H25N3O4. The summed E-state index contributed by atoms with van der Waals surface area (Å²) in [7, 11) is 3.33. The third-order valence-electron chi connectivity index (χ3n) is 5.77. The molecule has 1 aliphatic heterocycles. The highest BCUT2D eigenvalue weighted by molar-refractivity contribution is 5.91. The minimum atomic E-state index is -0.399. The van der Waals surface area contributed by atoms with Gasteiger partial charge < -0.3 is 18.8 Å². The van der Waals surface area contributed by atoms with Crippen LogP contribution in [0.1, 0.15) is 36.1 Å². The number of nitrogens with zero attached hydrogens (tertiary/aromatic N) is 3. The molecule has 2 fully saturated rings. The number of aryl methyl sites for hydroxylation is 1. The van der Waals surface area contributed by atoms with E-state index in [1.165, 1.54) is 0 Å². The van der Waals surface area contributed by atoms with E-state index >= 15 is 0 Å². The third-order valence-corrected chi connectivity index (χ3v) is 5.77. The van der Waals surface area contributed by atoms with E-state index in [0.717, 1.165) is 24.2 Å². The van der Waals surface area contributed by atoms with Gasteiger partial charge in [-0.15, -0.1) is 10.2 Å². The van der Waals surface area contributed by atoms with E-state index in [4.69, 9.17) is 13.9 Å². The van der Waals surface area contributed by atoms with Crippen LogP contribution in [0.3, 0.4) is 0 Å². The average molecular weight is 371 g/mol. The predicted octanol–water partition coefficient (Wildman–Crippen LogP) is 2.31. The number of ether oxygens (including phenoxy) is 2. The molecule has 4 rings (SSSR count). The second-order valence-electron chi connectivity index (χ2n) is 7.50. The average Bonchev–Trinajstić information content (AvgIpc) is 3.22. The first-order chi connectivity index (χ1) is 13.1. The summed E-state index contributed by atoms with van der Waals surface area (Å²) in [5, 5.41) is 8.13. The van der Waals surface area contributed by atoms with E-state index in [2.05, 4.69) is 10.2 Å². The summed E-state index contributed by atoms with van der Waals surface area (Å²) in [5.74, 6) is 2.30. The summed E-state index contributed by atoms with van der Waals surface area (Å²) >= 11 is 0. The van der Waals surface area contributed by atoms with Gasteiger partial charge in [0.05, 0.1) is 25.0 Å². The van der Waals surface area contributed by atoms with E-state index in [1.54, 1.807) is 21.1 Å². The molecule has 0 N–H and O–H groups in total.